The van der Waals surface area contributed by atoms with Crippen LogP contribution in [0, 0.1) is 0 Å². The van der Waals surface area contributed by atoms with Crippen LogP contribution in [0.2, 0.25) is 0 Å². The summed E-state index contributed by atoms with van der Waals surface area (Å²) in [5, 5.41) is 0. The van der Waals surface area contributed by atoms with Crippen molar-refractivity contribution in [2.24, 2.45) is 5.73 Å². The molecule has 0 radical (unpaired) electrons. The minimum absolute atomic E-state index is 0.261. The summed E-state index contributed by atoms with van der Waals surface area (Å²) in [6.45, 7) is 4.35. The Labute approximate surface area is 90.1 Å². The summed E-state index contributed by atoms with van der Waals surface area (Å²) in [5.41, 5.74) is 8.68. The number of nitrogens with two attached hydrogens (primary N) is 1. The topological polar surface area (TPSA) is 26.0 Å². The number of hydrogen-bond donors (Lipinski definition) is 1. The van der Waals surface area contributed by atoms with E-state index in [2.05, 4.69) is 32.0 Å². The van der Waals surface area contributed by atoms with E-state index in [0.29, 0.717) is 0 Å². The van der Waals surface area contributed by atoms with Crippen LogP contribution in [-0.4, -0.2) is 11.8 Å². The van der Waals surface area contributed by atoms with Crippen LogP contribution in [0.15, 0.2) is 23.1 Å². The van der Waals surface area contributed by atoms with Gasteiger partial charge < -0.3 is 5.73 Å². The SMILES string of the molecule is CC(N)Cc1ccc2c(c1)SCC2C. The molecular formula is C12H17NS. The molecule has 0 aromatic heterocycles. The quantitative estimate of drug-likeness (QED) is 0.807. The fourth-order valence-corrected chi connectivity index (χ4v) is 3.19. The van der Waals surface area contributed by atoms with Crippen molar-refractivity contribution >= 4 is 11.8 Å². The summed E-state index contributed by atoms with van der Waals surface area (Å²) in [7, 11) is 0. The number of benzene rings is 1. The number of fused-ring (bicyclic) bond motifs is 1. The molecule has 0 saturated carbocycles. The normalized spacial score (nSPS) is 22.1. The molecule has 1 heterocycles. The highest BCUT2D eigenvalue weighted by Gasteiger charge is 2.18. The van der Waals surface area contributed by atoms with Crippen LogP contribution < -0.4 is 5.73 Å². The van der Waals surface area contributed by atoms with Crippen LogP contribution in [0.3, 0.4) is 0 Å². The van der Waals surface area contributed by atoms with Crippen molar-refractivity contribution in [2.75, 3.05) is 5.75 Å². The van der Waals surface area contributed by atoms with Gasteiger partial charge in [0.05, 0.1) is 0 Å². The molecule has 1 aliphatic rings. The molecule has 0 spiro atoms. The summed E-state index contributed by atoms with van der Waals surface area (Å²) in [6.07, 6.45) is 0.988. The fraction of sp³-hybridized carbons (Fsp3) is 0.500. The van der Waals surface area contributed by atoms with Crippen LogP contribution in [0.25, 0.3) is 0 Å². The highest BCUT2D eigenvalue weighted by Crippen LogP contribution is 2.39. The zero-order valence-electron chi connectivity index (χ0n) is 8.79. The van der Waals surface area contributed by atoms with Crippen LogP contribution in [-0.2, 0) is 6.42 Å². The first-order valence-electron chi connectivity index (χ1n) is 5.18. The molecule has 1 aromatic carbocycles. The largest absolute Gasteiger partial charge is 0.328 e. The minimum atomic E-state index is 0.261. The van der Waals surface area contributed by atoms with Gasteiger partial charge >= 0.3 is 0 Å². The summed E-state index contributed by atoms with van der Waals surface area (Å²) in [4.78, 5) is 1.47. The van der Waals surface area contributed by atoms with Crippen molar-refractivity contribution in [2.45, 2.75) is 37.1 Å². The Morgan fingerprint density at radius 2 is 2.36 bits per heavy atom. The van der Waals surface area contributed by atoms with E-state index in [0.717, 1.165) is 12.3 Å². The van der Waals surface area contributed by atoms with E-state index < -0.39 is 0 Å². The summed E-state index contributed by atoms with van der Waals surface area (Å²) in [5.74, 6) is 1.95. The van der Waals surface area contributed by atoms with Gasteiger partial charge in [-0.25, -0.2) is 0 Å². The maximum atomic E-state index is 5.79. The van der Waals surface area contributed by atoms with Crippen LogP contribution in [0.1, 0.15) is 30.9 Å². The van der Waals surface area contributed by atoms with E-state index in [9.17, 15) is 0 Å². The Bertz CT molecular complexity index is 333. The number of hydrogen-bond acceptors (Lipinski definition) is 2. The van der Waals surface area contributed by atoms with E-state index in [1.54, 1.807) is 0 Å². The van der Waals surface area contributed by atoms with Gasteiger partial charge in [-0.05, 0) is 36.5 Å². The van der Waals surface area contributed by atoms with Crippen molar-refractivity contribution in [1.82, 2.24) is 0 Å². The average molecular weight is 207 g/mol. The monoisotopic (exact) mass is 207 g/mol. The predicted octanol–water partition coefficient (Wildman–Crippen LogP) is 2.79. The Hall–Kier alpha value is -0.470. The predicted molar refractivity (Wildman–Crippen MR) is 62.9 cm³/mol. The third kappa shape index (κ3) is 1.96. The third-order valence-corrected chi connectivity index (χ3v) is 3.99. The second-order valence-corrected chi connectivity index (χ2v) is 5.33. The lowest BCUT2D eigenvalue weighted by atomic mass is 10.00. The molecule has 2 N–H and O–H groups in total. The minimum Gasteiger partial charge on any atom is -0.328 e. The van der Waals surface area contributed by atoms with Gasteiger partial charge in [-0.15, -0.1) is 11.8 Å². The van der Waals surface area contributed by atoms with Gasteiger partial charge in [-0.1, -0.05) is 19.1 Å². The maximum absolute atomic E-state index is 5.79. The first kappa shape index (κ1) is 10.1. The lowest BCUT2D eigenvalue weighted by Gasteiger charge is -2.08. The van der Waals surface area contributed by atoms with Crippen molar-refractivity contribution < 1.29 is 0 Å². The average Bonchev–Trinajstić information content (AvgIpc) is 2.46. The van der Waals surface area contributed by atoms with Gasteiger partial charge in [-0.2, -0.15) is 0 Å². The fourth-order valence-electron chi connectivity index (χ4n) is 1.91. The lowest BCUT2D eigenvalue weighted by Crippen LogP contribution is -2.17. The summed E-state index contributed by atoms with van der Waals surface area (Å²) >= 11 is 1.98. The molecule has 1 aliphatic heterocycles. The van der Waals surface area contributed by atoms with Gasteiger partial charge in [0.2, 0.25) is 0 Å². The van der Waals surface area contributed by atoms with Crippen molar-refractivity contribution in [3.8, 4) is 0 Å². The number of rotatable bonds is 2. The molecule has 76 valence electrons. The second-order valence-electron chi connectivity index (χ2n) is 4.27. The highest BCUT2D eigenvalue weighted by molar-refractivity contribution is 7.99. The Kier molecular flexibility index (Phi) is 2.84. The molecule has 0 bridgehead atoms. The number of thioether (sulfide) groups is 1. The molecule has 2 atom stereocenters. The standard InChI is InChI=1S/C12H17NS/c1-8-7-14-12-6-10(5-9(2)13)3-4-11(8)12/h3-4,6,8-9H,5,7,13H2,1-2H3. The maximum Gasteiger partial charge on any atom is 0.0110 e. The van der Waals surface area contributed by atoms with Gasteiger partial charge in [-0.3, -0.25) is 0 Å². The van der Waals surface area contributed by atoms with Gasteiger partial charge in [0, 0.05) is 16.7 Å². The van der Waals surface area contributed by atoms with Crippen molar-refractivity contribution in [3.05, 3.63) is 29.3 Å². The summed E-state index contributed by atoms with van der Waals surface area (Å²) in [6, 6.07) is 7.08. The molecule has 1 aromatic rings. The first-order valence-corrected chi connectivity index (χ1v) is 6.16. The van der Waals surface area contributed by atoms with E-state index in [-0.39, 0.29) is 6.04 Å². The molecular weight excluding hydrogens is 190 g/mol. The van der Waals surface area contributed by atoms with Gasteiger partial charge in [0.25, 0.3) is 0 Å². The molecule has 2 unspecified atom stereocenters. The van der Waals surface area contributed by atoms with E-state index in [1.807, 2.05) is 11.8 Å². The third-order valence-electron chi connectivity index (χ3n) is 2.66. The van der Waals surface area contributed by atoms with Crippen LogP contribution >= 0.6 is 11.8 Å². The molecule has 2 rings (SSSR count). The first-order chi connectivity index (χ1) is 6.66. The molecule has 14 heavy (non-hydrogen) atoms. The van der Waals surface area contributed by atoms with Gasteiger partial charge in [0.15, 0.2) is 0 Å². The zero-order chi connectivity index (χ0) is 10.1. The Morgan fingerprint density at radius 1 is 1.57 bits per heavy atom. The molecule has 0 saturated heterocycles. The van der Waals surface area contributed by atoms with Crippen molar-refractivity contribution in [3.63, 3.8) is 0 Å². The highest BCUT2D eigenvalue weighted by atomic mass is 32.2. The molecule has 0 fully saturated rings. The second kappa shape index (κ2) is 3.95. The van der Waals surface area contributed by atoms with E-state index >= 15 is 0 Å². The molecule has 0 aliphatic carbocycles. The molecule has 1 nitrogen and oxygen atoms in total. The van der Waals surface area contributed by atoms with E-state index in [4.69, 9.17) is 5.73 Å². The van der Waals surface area contributed by atoms with Crippen LogP contribution in [0.5, 0.6) is 0 Å². The zero-order valence-corrected chi connectivity index (χ0v) is 9.60. The van der Waals surface area contributed by atoms with Crippen molar-refractivity contribution in [1.29, 1.82) is 0 Å². The Morgan fingerprint density at radius 3 is 3.07 bits per heavy atom. The van der Waals surface area contributed by atoms with Gasteiger partial charge in [0.1, 0.15) is 0 Å². The smallest absolute Gasteiger partial charge is 0.0110 e. The lowest BCUT2D eigenvalue weighted by molar-refractivity contribution is 0.735. The Balaban J connectivity index is 2.24. The van der Waals surface area contributed by atoms with E-state index in [1.165, 1.54) is 21.8 Å². The molecule has 2 heteroatoms. The van der Waals surface area contributed by atoms with Crippen LogP contribution in [0.4, 0.5) is 0 Å². The molecule has 0 amide bonds. The summed E-state index contributed by atoms with van der Waals surface area (Å²) < 4.78 is 0.